The summed E-state index contributed by atoms with van der Waals surface area (Å²) in [6, 6.07) is 10.0. The number of carbonyl (C=O) groups is 3. The number of ether oxygens (including phenoxy) is 3. The lowest BCUT2D eigenvalue weighted by molar-refractivity contribution is -0.168. The Bertz CT molecular complexity index is 1790. The highest BCUT2D eigenvalue weighted by Crippen LogP contribution is 2.69. The minimum Gasteiger partial charge on any atom is -0.458 e. The molecule has 0 saturated heterocycles. The summed E-state index contributed by atoms with van der Waals surface area (Å²) >= 11 is 0. The molecule has 1 aromatic rings. The average molecular weight is 967 g/mol. The molecule has 2 N–H and O–H groups in total. The molecule has 68 heavy (non-hydrogen) atoms. The monoisotopic (exact) mass is 966 g/mol. The Labute approximate surface area is 415 Å². The average Bonchev–Trinajstić information content (AvgIpc) is 3.58. The molecule has 0 radical (unpaired) electrons. The maximum Gasteiger partial charge on any atom is 0.410 e. The van der Waals surface area contributed by atoms with Gasteiger partial charge in [-0.3, -0.25) is 0 Å². The number of rotatable bonds is 19. The van der Waals surface area contributed by atoms with Gasteiger partial charge in [-0.2, -0.15) is 0 Å². The number of fused-ring (bicyclic) bond motifs is 5. The maximum atomic E-state index is 14.0. The summed E-state index contributed by atoms with van der Waals surface area (Å²) in [5.74, 6) is 3.54. The van der Waals surface area contributed by atoms with Gasteiger partial charge in [-0.15, -0.1) is 0 Å². The third-order valence-corrected chi connectivity index (χ3v) is 22.3. The van der Waals surface area contributed by atoms with Crippen LogP contribution in [0.15, 0.2) is 30.3 Å². The van der Waals surface area contributed by atoms with Gasteiger partial charge in [0.15, 0.2) is 8.32 Å². The molecule has 0 bridgehead atoms. The molecule has 4 fully saturated rings. The Hall–Kier alpha value is -2.63. The van der Waals surface area contributed by atoms with E-state index >= 15 is 0 Å². The molecule has 1 aromatic carbocycles. The summed E-state index contributed by atoms with van der Waals surface area (Å²) in [4.78, 5) is 41.3. The molecular formula is C57H99N3O7Si. The standard InChI is InChI=1S/C57H99N3O7Si/c1-39(2)47(67-68(15,16)55(10,11)12)28-25-40(3)44-26-27-45-49-46(30-32-57(44,45)14)56(13)31-29-43(37-42(56)38-48(49)64-50(61)41-23-18-17-19-24-41)58-34-22-36-60(52(63)66-54(7,8)9)35-21-20-33-59-51(62)65-53(4,5)6/h17-19,23-24,39-40,42-49,58H,20-22,25-38H2,1-16H3,(H,59,62)/t40-,42?,43?,44-,45+,46+,47?,48?,49+,56+,57-/m1/s1. The highest BCUT2D eigenvalue weighted by molar-refractivity contribution is 6.74. The molecule has 0 spiro atoms. The Balaban J connectivity index is 1.23. The van der Waals surface area contributed by atoms with Gasteiger partial charge in [0.05, 0.1) is 5.56 Å². The van der Waals surface area contributed by atoms with Gasteiger partial charge in [-0.25, -0.2) is 14.4 Å². The second-order valence-corrected chi connectivity index (χ2v) is 31.1. The van der Waals surface area contributed by atoms with Crippen LogP contribution >= 0.6 is 0 Å². The van der Waals surface area contributed by atoms with Crippen LogP contribution in [0, 0.1) is 52.3 Å². The largest absolute Gasteiger partial charge is 0.458 e. The molecule has 0 aliphatic heterocycles. The fourth-order valence-electron chi connectivity index (χ4n) is 13.1. The molecule has 0 aromatic heterocycles. The van der Waals surface area contributed by atoms with Crippen molar-refractivity contribution in [2.45, 2.75) is 228 Å². The van der Waals surface area contributed by atoms with Crippen LogP contribution < -0.4 is 10.6 Å². The van der Waals surface area contributed by atoms with Gasteiger partial charge in [0.25, 0.3) is 0 Å². The number of unbranched alkanes of at least 4 members (excludes halogenated alkanes) is 1. The molecule has 10 nitrogen and oxygen atoms in total. The van der Waals surface area contributed by atoms with Crippen molar-refractivity contribution in [3.63, 3.8) is 0 Å². The zero-order valence-electron chi connectivity index (χ0n) is 46.0. The highest BCUT2D eigenvalue weighted by atomic mass is 28.4. The second kappa shape index (κ2) is 22.8. The topological polar surface area (TPSA) is 115 Å². The summed E-state index contributed by atoms with van der Waals surface area (Å²) in [5, 5.41) is 6.95. The third-order valence-electron chi connectivity index (χ3n) is 17.8. The van der Waals surface area contributed by atoms with E-state index in [2.05, 4.69) is 79.1 Å². The van der Waals surface area contributed by atoms with E-state index < -0.39 is 25.6 Å². The van der Waals surface area contributed by atoms with Crippen molar-refractivity contribution < 1.29 is 33.0 Å². The van der Waals surface area contributed by atoms with Gasteiger partial charge in [0, 0.05) is 37.7 Å². The molecule has 11 heteroatoms. The first kappa shape index (κ1) is 56.3. The van der Waals surface area contributed by atoms with E-state index in [1.807, 2.05) is 76.8 Å². The molecular weight excluding hydrogens is 867 g/mol. The van der Waals surface area contributed by atoms with Crippen LogP contribution in [-0.2, 0) is 18.6 Å². The van der Waals surface area contributed by atoms with Crippen molar-refractivity contribution in [3.05, 3.63) is 35.9 Å². The Kier molecular flexibility index (Phi) is 18.9. The third kappa shape index (κ3) is 14.5. The Morgan fingerprint density at radius 2 is 1.40 bits per heavy atom. The molecule has 11 atom stereocenters. The number of nitrogens with one attached hydrogen (secondary N) is 2. The van der Waals surface area contributed by atoms with Crippen LogP contribution in [0.4, 0.5) is 9.59 Å². The summed E-state index contributed by atoms with van der Waals surface area (Å²) in [6.07, 6.45) is 13.4. The number of carbonyl (C=O) groups excluding carboxylic acids is 3. The first-order chi connectivity index (χ1) is 31.5. The predicted octanol–water partition coefficient (Wildman–Crippen LogP) is 13.8. The fourth-order valence-corrected chi connectivity index (χ4v) is 14.6. The number of alkyl carbamates (subject to hydrolysis) is 1. The van der Waals surface area contributed by atoms with Gasteiger partial charge in [-0.05, 0) is 208 Å². The van der Waals surface area contributed by atoms with E-state index in [0.29, 0.717) is 78.8 Å². The lowest BCUT2D eigenvalue weighted by atomic mass is 9.43. The van der Waals surface area contributed by atoms with Crippen LogP contribution in [0.3, 0.4) is 0 Å². The number of amides is 2. The molecule has 388 valence electrons. The van der Waals surface area contributed by atoms with Crippen molar-refractivity contribution >= 4 is 26.5 Å². The smallest absolute Gasteiger partial charge is 0.410 e. The van der Waals surface area contributed by atoms with Crippen molar-refractivity contribution in [1.82, 2.24) is 15.5 Å². The van der Waals surface area contributed by atoms with E-state index in [1.165, 1.54) is 38.5 Å². The minimum absolute atomic E-state index is 0.0896. The zero-order chi connectivity index (χ0) is 50.5. The minimum atomic E-state index is -1.88. The van der Waals surface area contributed by atoms with Crippen LogP contribution in [0.2, 0.25) is 18.1 Å². The summed E-state index contributed by atoms with van der Waals surface area (Å²) in [7, 11) is -1.88. The SMILES string of the molecule is CC(C)C(CC[C@@H](C)[C@H]1CC[C@H]2[C@@H]3C(OC(=O)c4ccccc4)CC4CC(NCCCN(CCCCNC(=O)OC(C)(C)C)C(=O)OC(C)(C)C)CC[C@]4(C)[C@H]3CC[C@]12C)O[Si](C)(C)C(C)(C)C. The fraction of sp³-hybridized carbons (Fsp3) is 0.842. The van der Waals surface area contributed by atoms with Crippen molar-refractivity contribution in [2.24, 2.45) is 52.3 Å². The zero-order valence-corrected chi connectivity index (χ0v) is 47.0. The molecule has 4 unspecified atom stereocenters. The maximum absolute atomic E-state index is 14.0. The van der Waals surface area contributed by atoms with Gasteiger partial charge in [-0.1, -0.05) is 73.6 Å². The van der Waals surface area contributed by atoms with Crippen LogP contribution in [-0.4, -0.2) is 87.0 Å². The van der Waals surface area contributed by atoms with Crippen molar-refractivity contribution in [2.75, 3.05) is 26.2 Å². The van der Waals surface area contributed by atoms with E-state index in [0.717, 1.165) is 51.5 Å². The van der Waals surface area contributed by atoms with Gasteiger partial charge < -0.3 is 34.2 Å². The van der Waals surface area contributed by atoms with Crippen molar-refractivity contribution in [3.8, 4) is 0 Å². The van der Waals surface area contributed by atoms with E-state index in [-0.39, 0.29) is 34.0 Å². The van der Waals surface area contributed by atoms with Crippen LogP contribution in [0.5, 0.6) is 0 Å². The van der Waals surface area contributed by atoms with E-state index in [9.17, 15) is 14.4 Å². The molecule has 2 amide bonds. The Morgan fingerprint density at radius 3 is 2.03 bits per heavy atom. The summed E-state index contributed by atoms with van der Waals surface area (Å²) in [5.41, 5.74) is -0.0361. The summed E-state index contributed by atoms with van der Waals surface area (Å²) < 4.78 is 25.1. The predicted molar refractivity (Wildman–Crippen MR) is 279 cm³/mol. The molecule has 4 aliphatic rings. The van der Waals surface area contributed by atoms with E-state index in [1.54, 1.807) is 0 Å². The van der Waals surface area contributed by atoms with Crippen LogP contribution in [0.25, 0.3) is 0 Å². The second-order valence-electron chi connectivity index (χ2n) is 26.4. The number of hydrogen-bond donors (Lipinski definition) is 2. The van der Waals surface area contributed by atoms with Crippen LogP contribution in [0.1, 0.15) is 191 Å². The highest BCUT2D eigenvalue weighted by Gasteiger charge is 2.64. The number of hydrogen-bond acceptors (Lipinski definition) is 8. The quantitative estimate of drug-likeness (QED) is 0.0610. The lowest BCUT2D eigenvalue weighted by Crippen LogP contribution is -2.60. The molecule has 5 rings (SSSR count). The molecule has 0 heterocycles. The number of esters is 1. The Morgan fingerprint density at radius 1 is 0.765 bits per heavy atom. The van der Waals surface area contributed by atoms with Crippen molar-refractivity contribution in [1.29, 1.82) is 0 Å². The number of benzene rings is 1. The van der Waals surface area contributed by atoms with E-state index in [4.69, 9.17) is 18.6 Å². The normalized spacial score (nSPS) is 29.5. The number of nitrogens with zero attached hydrogens (tertiary/aromatic N) is 1. The van der Waals surface area contributed by atoms with Gasteiger partial charge >= 0.3 is 18.2 Å². The lowest BCUT2D eigenvalue weighted by Gasteiger charge is -2.63. The molecule has 4 saturated carbocycles. The van der Waals surface area contributed by atoms with Gasteiger partial charge in [0.2, 0.25) is 0 Å². The van der Waals surface area contributed by atoms with Gasteiger partial charge in [0.1, 0.15) is 17.3 Å². The first-order valence-electron chi connectivity index (χ1n) is 27.2. The first-order valence-corrected chi connectivity index (χ1v) is 30.1. The summed E-state index contributed by atoms with van der Waals surface area (Å²) in [6.45, 7) is 38.0. The molecule has 4 aliphatic carbocycles.